The van der Waals surface area contributed by atoms with Gasteiger partial charge in [-0.1, -0.05) is 11.3 Å². The third kappa shape index (κ3) is 4.88. The topological polar surface area (TPSA) is 84.4 Å². The highest BCUT2D eigenvalue weighted by molar-refractivity contribution is 7.13. The normalized spacial score (nSPS) is 16.1. The molecule has 1 aliphatic rings. The number of halogens is 1. The van der Waals surface area contributed by atoms with Crippen molar-refractivity contribution in [2.24, 2.45) is 0 Å². The van der Waals surface area contributed by atoms with Gasteiger partial charge in [-0.2, -0.15) is 0 Å². The predicted octanol–water partition coefficient (Wildman–Crippen LogP) is 3.96. The minimum Gasteiger partial charge on any atom is -0.497 e. The van der Waals surface area contributed by atoms with Gasteiger partial charge in [-0.25, -0.2) is 4.39 Å². The third-order valence-corrected chi connectivity index (χ3v) is 6.22. The maximum absolute atomic E-state index is 13.0. The van der Waals surface area contributed by atoms with E-state index in [1.54, 1.807) is 31.4 Å². The van der Waals surface area contributed by atoms with Gasteiger partial charge >= 0.3 is 0 Å². The van der Waals surface area contributed by atoms with Crippen LogP contribution >= 0.6 is 11.3 Å². The van der Waals surface area contributed by atoms with Gasteiger partial charge in [0.2, 0.25) is 5.01 Å². The number of nitrogens with zero attached hydrogens (tertiary/aromatic N) is 3. The van der Waals surface area contributed by atoms with Crippen LogP contribution in [0.1, 0.15) is 43.9 Å². The molecule has 1 saturated heterocycles. The molecule has 31 heavy (non-hydrogen) atoms. The number of benzene rings is 2. The van der Waals surface area contributed by atoms with Crippen molar-refractivity contribution in [2.45, 2.75) is 18.8 Å². The summed E-state index contributed by atoms with van der Waals surface area (Å²) in [6.07, 6.45) is 1.73. The summed E-state index contributed by atoms with van der Waals surface area (Å²) in [4.78, 5) is 27.1. The van der Waals surface area contributed by atoms with Crippen molar-refractivity contribution in [1.82, 2.24) is 15.1 Å². The molecule has 2 heterocycles. The molecule has 2 aromatic carbocycles. The molecular weight excluding hydrogens is 419 g/mol. The van der Waals surface area contributed by atoms with Crippen LogP contribution < -0.4 is 10.1 Å². The first-order valence-corrected chi connectivity index (χ1v) is 10.7. The molecule has 0 unspecified atom stereocenters. The summed E-state index contributed by atoms with van der Waals surface area (Å²) in [6, 6.07) is 12.6. The third-order valence-electron chi connectivity index (χ3n) is 5.13. The number of rotatable bonds is 5. The number of hydrogen-bond donors (Lipinski definition) is 1. The van der Waals surface area contributed by atoms with Crippen LogP contribution in [0.3, 0.4) is 0 Å². The van der Waals surface area contributed by atoms with Crippen LogP contribution in [0, 0.1) is 5.82 Å². The lowest BCUT2D eigenvalue weighted by Gasteiger charge is -2.31. The van der Waals surface area contributed by atoms with Gasteiger partial charge in [0.25, 0.3) is 11.8 Å². The van der Waals surface area contributed by atoms with Gasteiger partial charge < -0.3 is 15.0 Å². The lowest BCUT2D eigenvalue weighted by atomic mass is 9.98. The number of likely N-dealkylation sites (tertiary alicyclic amines) is 1. The average molecular weight is 441 g/mol. The molecule has 160 valence electrons. The van der Waals surface area contributed by atoms with Crippen LogP contribution in [0.15, 0.2) is 48.5 Å². The number of piperidine rings is 1. The van der Waals surface area contributed by atoms with Crippen molar-refractivity contribution in [3.8, 4) is 5.75 Å². The minimum atomic E-state index is -0.391. The summed E-state index contributed by atoms with van der Waals surface area (Å²) in [5, 5.41) is 11.9. The lowest BCUT2D eigenvalue weighted by molar-refractivity contribution is 0.0706. The van der Waals surface area contributed by atoms with E-state index < -0.39 is 5.91 Å². The van der Waals surface area contributed by atoms with Gasteiger partial charge in [-0.3, -0.25) is 9.59 Å². The Balaban J connectivity index is 1.41. The average Bonchev–Trinajstić information content (AvgIpc) is 3.31. The zero-order valence-corrected chi connectivity index (χ0v) is 17.7. The summed E-state index contributed by atoms with van der Waals surface area (Å²) in [6.45, 7) is 1.21. The van der Waals surface area contributed by atoms with Gasteiger partial charge in [0.05, 0.1) is 7.11 Å². The number of carbonyl (C=O) groups is 2. The smallest absolute Gasteiger partial charge is 0.286 e. The fourth-order valence-electron chi connectivity index (χ4n) is 3.49. The van der Waals surface area contributed by atoms with Crippen molar-refractivity contribution in [3.63, 3.8) is 0 Å². The van der Waals surface area contributed by atoms with E-state index in [0.29, 0.717) is 30.1 Å². The number of amides is 2. The number of anilines is 1. The highest BCUT2D eigenvalue weighted by Crippen LogP contribution is 2.30. The fourth-order valence-corrected chi connectivity index (χ4v) is 4.35. The van der Waals surface area contributed by atoms with Crippen molar-refractivity contribution in [3.05, 3.63) is 69.9 Å². The number of ether oxygens (including phenoxy) is 1. The molecule has 7 nitrogen and oxygen atoms in total. The molecule has 0 radical (unpaired) electrons. The summed E-state index contributed by atoms with van der Waals surface area (Å²) < 4.78 is 18.2. The first kappa shape index (κ1) is 20.9. The standard InChI is InChI=1S/C22H21FN4O3S/c1-30-18-10-4-14(5-11-18)22(29)27-12-2-3-15(13-27)20-25-26-21(31-20)19(28)24-17-8-6-16(23)7-9-17/h4-11,15H,2-3,12-13H2,1H3,(H,24,28)/t15-/m0/s1. The maximum Gasteiger partial charge on any atom is 0.286 e. The molecule has 1 aromatic heterocycles. The molecule has 0 saturated carbocycles. The van der Waals surface area contributed by atoms with Crippen LogP contribution in [0.25, 0.3) is 0 Å². The van der Waals surface area contributed by atoms with Crippen LogP contribution in [0.5, 0.6) is 5.75 Å². The van der Waals surface area contributed by atoms with E-state index in [2.05, 4.69) is 15.5 Å². The Hall–Kier alpha value is -3.33. The van der Waals surface area contributed by atoms with E-state index >= 15 is 0 Å². The molecule has 0 aliphatic carbocycles. The van der Waals surface area contributed by atoms with Gasteiger partial charge in [-0.15, -0.1) is 10.2 Å². The number of aromatic nitrogens is 2. The highest BCUT2D eigenvalue weighted by Gasteiger charge is 2.28. The van der Waals surface area contributed by atoms with Crippen molar-refractivity contribution in [2.75, 3.05) is 25.5 Å². The zero-order chi connectivity index (χ0) is 21.8. The maximum atomic E-state index is 13.0. The Morgan fingerprint density at radius 1 is 1.13 bits per heavy atom. The van der Waals surface area contributed by atoms with Gasteiger partial charge in [-0.05, 0) is 61.4 Å². The number of carbonyl (C=O) groups excluding carboxylic acids is 2. The van der Waals surface area contributed by atoms with Crippen LogP contribution in [0.2, 0.25) is 0 Å². The first-order chi connectivity index (χ1) is 15.0. The van der Waals surface area contributed by atoms with Crippen LogP contribution in [-0.4, -0.2) is 47.1 Å². The Labute approximate surface area is 182 Å². The molecule has 1 fully saturated rings. The molecule has 1 aliphatic heterocycles. The highest BCUT2D eigenvalue weighted by atomic mass is 32.1. The Morgan fingerprint density at radius 3 is 2.58 bits per heavy atom. The molecular formula is C22H21FN4O3S. The second kappa shape index (κ2) is 9.22. The summed E-state index contributed by atoms with van der Waals surface area (Å²) in [5.41, 5.74) is 1.09. The number of nitrogens with one attached hydrogen (secondary N) is 1. The Kier molecular flexibility index (Phi) is 6.22. The minimum absolute atomic E-state index is 0.0285. The quantitative estimate of drug-likeness (QED) is 0.649. The Morgan fingerprint density at radius 2 is 1.87 bits per heavy atom. The number of hydrogen-bond acceptors (Lipinski definition) is 6. The monoisotopic (exact) mass is 440 g/mol. The van der Waals surface area contributed by atoms with E-state index in [1.807, 2.05) is 4.90 Å². The zero-order valence-electron chi connectivity index (χ0n) is 16.9. The van der Waals surface area contributed by atoms with Gasteiger partial charge in [0.15, 0.2) is 0 Å². The first-order valence-electron chi connectivity index (χ1n) is 9.87. The molecule has 9 heteroatoms. The largest absolute Gasteiger partial charge is 0.497 e. The molecule has 0 spiro atoms. The van der Waals surface area contributed by atoms with E-state index in [-0.39, 0.29) is 22.6 Å². The van der Waals surface area contributed by atoms with E-state index in [4.69, 9.17) is 4.74 Å². The van der Waals surface area contributed by atoms with E-state index in [0.717, 1.165) is 17.8 Å². The van der Waals surface area contributed by atoms with E-state index in [9.17, 15) is 14.0 Å². The predicted molar refractivity (Wildman–Crippen MR) is 115 cm³/mol. The molecule has 2 amide bonds. The summed E-state index contributed by atoms with van der Waals surface area (Å²) in [5.74, 6) is -0.0695. The molecule has 1 atom stereocenters. The van der Waals surface area contributed by atoms with Crippen LogP contribution in [-0.2, 0) is 0 Å². The summed E-state index contributed by atoms with van der Waals surface area (Å²) in [7, 11) is 1.59. The van der Waals surface area contributed by atoms with Crippen molar-refractivity contribution in [1.29, 1.82) is 0 Å². The molecule has 4 rings (SSSR count). The SMILES string of the molecule is COc1ccc(C(=O)N2CCC[C@H](c3nnc(C(=O)Nc4ccc(F)cc4)s3)C2)cc1. The fraction of sp³-hybridized carbons (Fsp3) is 0.273. The lowest BCUT2D eigenvalue weighted by Crippen LogP contribution is -2.39. The van der Waals surface area contributed by atoms with Gasteiger partial charge in [0, 0.05) is 30.3 Å². The second-order valence-corrected chi connectivity index (χ2v) is 8.23. The van der Waals surface area contributed by atoms with Crippen LogP contribution in [0.4, 0.5) is 10.1 Å². The van der Waals surface area contributed by atoms with Crippen molar-refractivity contribution < 1.29 is 18.7 Å². The van der Waals surface area contributed by atoms with Crippen molar-refractivity contribution >= 4 is 28.8 Å². The second-order valence-electron chi connectivity index (χ2n) is 7.23. The Bertz CT molecular complexity index is 1070. The van der Waals surface area contributed by atoms with Gasteiger partial charge in [0.1, 0.15) is 16.6 Å². The van der Waals surface area contributed by atoms with E-state index in [1.165, 1.54) is 35.6 Å². The number of methoxy groups -OCH3 is 1. The molecule has 1 N–H and O–H groups in total. The molecule has 0 bridgehead atoms. The molecule has 3 aromatic rings. The summed E-state index contributed by atoms with van der Waals surface area (Å²) >= 11 is 1.22.